The Balaban J connectivity index is 1.70. The summed E-state index contributed by atoms with van der Waals surface area (Å²) in [6, 6.07) is 7.18. The van der Waals surface area contributed by atoms with Crippen LogP contribution in [0.3, 0.4) is 0 Å². The number of hydrogen-bond acceptors (Lipinski definition) is 8. The summed E-state index contributed by atoms with van der Waals surface area (Å²) in [6.45, 7) is 2.86. The molecule has 4 heterocycles. The highest BCUT2D eigenvalue weighted by molar-refractivity contribution is 5.99. The molecule has 1 N–H and O–H groups in total. The maximum atomic E-state index is 13.4. The molecule has 1 fully saturated rings. The highest BCUT2D eigenvalue weighted by Gasteiger charge is 2.24. The molecule has 0 aliphatic carbocycles. The van der Waals surface area contributed by atoms with Crippen molar-refractivity contribution in [3.63, 3.8) is 0 Å². The molecule has 156 valence electrons. The van der Waals surface area contributed by atoms with Gasteiger partial charge in [0.05, 0.1) is 43.9 Å². The zero-order chi connectivity index (χ0) is 20.8. The largest absolute Gasteiger partial charge is 0.467 e. The molecular weight excluding hydrogens is 386 g/mol. The number of pyridine rings is 1. The van der Waals surface area contributed by atoms with Crippen LogP contribution < -0.4 is 4.90 Å². The lowest BCUT2D eigenvalue weighted by Crippen LogP contribution is -2.38. The van der Waals surface area contributed by atoms with Gasteiger partial charge in [0.25, 0.3) is 5.91 Å². The number of aromatic nitrogens is 3. The number of carbonyl (C=O) groups excluding carboxylic acids is 1. The SMILES string of the molecule is O=C(c1cnc(N2CCOCC2)nc1-c1ccncc1)N(CCO)Cc1ccco1. The van der Waals surface area contributed by atoms with Crippen molar-refractivity contribution in [1.29, 1.82) is 0 Å². The van der Waals surface area contributed by atoms with Crippen LogP contribution in [-0.2, 0) is 11.3 Å². The number of aliphatic hydroxyl groups excluding tert-OH is 1. The van der Waals surface area contributed by atoms with Gasteiger partial charge in [-0.05, 0) is 24.3 Å². The Kier molecular flexibility index (Phi) is 6.31. The number of carbonyl (C=O) groups is 1. The van der Waals surface area contributed by atoms with Crippen molar-refractivity contribution in [3.05, 3.63) is 60.4 Å². The number of anilines is 1. The summed E-state index contributed by atoms with van der Waals surface area (Å²) < 4.78 is 10.8. The van der Waals surface area contributed by atoms with E-state index >= 15 is 0 Å². The monoisotopic (exact) mass is 409 g/mol. The predicted octanol–water partition coefficient (Wildman–Crippen LogP) is 1.60. The zero-order valence-corrected chi connectivity index (χ0v) is 16.5. The molecule has 9 nitrogen and oxygen atoms in total. The van der Waals surface area contributed by atoms with Crippen LogP contribution in [0.4, 0.5) is 5.95 Å². The number of nitrogens with zero attached hydrogens (tertiary/aromatic N) is 5. The fourth-order valence-electron chi connectivity index (χ4n) is 3.31. The number of rotatable bonds is 7. The molecule has 4 rings (SSSR count). The maximum absolute atomic E-state index is 13.4. The molecule has 1 amide bonds. The van der Waals surface area contributed by atoms with Crippen molar-refractivity contribution < 1.29 is 19.1 Å². The van der Waals surface area contributed by atoms with E-state index in [9.17, 15) is 9.90 Å². The lowest BCUT2D eigenvalue weighted by atomic mass is 10.1. The molecular formula is C21H23N5O4. The average Bonchev–Trinajstić information content (AvgIpc) is 3.32. The molecule has 0 unspecified atom stereocenters. The van der Waals surface area contributed by atoms with Crippen molar-refractivity contribution in [2.75, 3.05) is 44.4 Å². The van der Waals surface area contributed by atoms with Crippen LogP contribution in [-0.4, -0.2) is 70.3 Å². The van der Waals surface area contributed by atoms with Crippen molar-refractivity contribution >= 4 is 11.9 Å². The van der Waals surface area contributed by atoms with E-state index in [1.807, 2.05) is 17.0 Å². The number of hydrogen-bond donors (Lipinski definition) is 1. The van der Waals surface area contributed by atoms with Gasteiger partial charge in [0, 0.05) is 43.8 Å². The zero-order valence-electron chi connectivity index (χ0n) is 16.5. The molecule has 30 heavy (non-hydrogen) atoms. The van der Waals surface area contributed by atoms with Crippen molar-refractivity contribution in [2.45, 2.75) is 6.54 Å². The average molecular weight is 409 g/mol. The topological polar surface area (TPSA) is 105 Å². The summed E-state index contributed by atoms with van der Waals surface area (Å²) in [6.07, 6.45) is 6.44. The first-order valence-corrected chi connectivity index (χ1v) is 9.79. The molecule has 0 atom stereocenters. The van der Waals surface area contributed by atoms with Crippen LogP contribution in [0.25, 0.3) is 11.3 Å². The van der Waals surface area contributed by atoms with Gasteiger partial charge in [-0.25, -0.2) is 9.97 Å². The molecule has 3 aromatic heterocycles. The minimum atomic E-state index is -0.277. The van der Waals surface area contributed by atoms with Crippen LogP contribution in [0.5, 0.6) is 0 Å². The maximum Gasteiger partial charge on any atom is 0.258 e. The molecule has 1 saturated heterocycles. The van der Waals surface area contributed by atoms with Crippen LogP contribution in [0.1, 0.15) is 16.1 Å². The summed E-state index contributed by atoms with van der Waals surface area (Å²) in [7, 11) is 0. The van der Waals surface area contributed by atoms with Gasteiger partial charge in [-0.3, -0.25) is 9.78 Å². The molecule has 1 aliphatic rings. The van der Waals surface area contributed by atoms with Crippen molar-refractivity contribution in [2.24, 2.45) is 0 Å². The Morgan fingerprint density at radius 3 is 2.70 bits per heavy atom. The van der Waals surface area contributed by atoms with Gasteiger partial charge in [-0.15, -0.1) is 0 Å². The fourth-order valence-corrected chi connectivity index (χ4v) is 3.31. The van der Waals surface area contributed by atoms with Gasteiger partial charge in [0.1, 0.15) is 5.76 Å². The molecule has 0 aromatic carbocycles. The first-order valence-electron chi connectivity index (χ1n) is 9.79. The summed E-state index contributed by atoms with van der Waals surface area (Å²) in [5.41, 5.74) is 1.66. The minimum absolute atomic E-state index is 0.163. The van der Waals surface area contributed by atoms with Gasteiger partial charge in [0.2, 0.25) is 5.95 Å². The Bertz CT molecular complexity index is 959. The first-order chi connectivity index (χ1) is 14.8. The number of aliphatic hydroxyl groups is 1. The van der Waals surface area contributed by atoms with E-state index in [1.165, 1.54) is 4.90 Å². The molecule has 1 aliphatic heterocycles. The summed E-state index contributed by atoms with van der Waals surface area (Å²) in [5.74, 6) is 0.912. The second-order valence-electron chi connectivity index (χ2n) is 6.80. The van der Waals surface area contributed by atoms with Crippen LogP contribution in [0.2, 0.25) is 0 Å². The minimum Gasteiger partial charge on any atom is -0.467 e. The van der Waals surface area contributed by atoms with Gasteiger partial charge < -0.3 is 24.1 Å². The van der Waals surface area contributed by atoms with E-state index in [-0.39, 0.29) is 25.6 Å². The Morgan fingerprint density at radius 1 is 1.20 bits per heavy atom. The van der Waals surface area contributed by atoms with Crippen molar-refractivity contribution in [3.8, 4) is 11.3 Å². The molecule has 0 saturated carbocycles. The second kappa shape index (κ2) is 9.47. The molecule has 0 radical (unpaired) electrons. The third-order valence-corrected chi connectivity index (χ3v) is 4.84. The summed E-state index contributed by atoms with van der Waals surface area (Å²) in [5, 5.41) is 9.48. The molecule has 3 aromatic rings. The van der Waals surface area contributed by atoms with E-state index in [0.29, 0.717) is 49.3 Å². The van der Waals surface area contributed by atoms with Gasteiger partial charge in [-0.1, -0.05) is 0 Å². The number of morpholine rings is 1. The highest BCUT2D eigenvalue weighted by atomic mass is 16.5. The third kappa shape index (κ3) is 4.47. The number of furan rings is 1. The van der Waals surface area contributed by atoms with Gasteiger partial charge in [-0.2, -0.15) is 0 Å². The van der Waals surface area contributed by atoms with E-state index in [2.05, 4.69) is 9.97 Å². The van der Waals surface area contributed by atoms with Crippen LogP contribution >= 0.6 is 0 Å². The Labute approximate surface area is 174 Å². The smallest absolute Gasteiger partial charge is 0.258 e. The molecule has 0 spiro atoms. The van der Waals surface area contributed by atoms with Gasteiger partial charge in [0.15, 0.2) is 0 Å². The molecule has 0 bridgehead atoms. The lowest BCUT2D eigenvalue weighted by molar-refractivity contribution is 0.0694. The van der Waals surface area contributed by atoms with Crippen molar-refractivity contribution in [1.82, 2.24) is 19.9 Å². The lowest BCUT2D eigenvalue weighted by Gasteiger charge is -2.27. The fraction of sp³-hybridized carbons (Fsp3) is 0.333. The second-order valence-corrected chi connectivity index (χ2v) is 6.80. The Hall–Kier alpha value is -3.30. The normalized spacial score (nSPS) is 14.0. The Morgan fingerprint density at radius 2 is 2.00 bits per heavy atom. The standard InChI is InChI=1S/C21H23N5O4/c27-10-7-26(15-17-2-1-11-30-17)20(28)18-14-23-21(25-8-12-29-13-9-25)24-19(18)16-3-5-22-6-4-16/h1-6,11,14,27H,7-10,12-13,15H2. The quantitative estimate of drug-likeness (QED) is 0.627. The van der Waals surface area contributed by atoms with Crippen LogP contribution in [0.15, 0.2) is 53.5 Å². The number of amides is 1. The van der Waals surface area contributed by atoms with E-state index < -0.39 is 0 Å². The van der Waals surface area contributed by atoms with E-state index in [1.54, 1.807) is 37.0 Å². The summed E-state index contributed by atoms with van der Waals surface area (Å²) in [4.78, 5) is 30.2. The molecule has 9 heteroatoms. The number of ether oxygens (including phenoxy) is 1. The summed E-state index contributed by atoms with van der Waals surface area (Å²) >= 11 is 0. The van der Waals surface area contributed by atoms with E-state index in [0.717, 1.165) is 5.56 Å². The highest BCUT2D eigenvalue weighted by Crippen LogP contribution is 2.25. The predicted molar refractivity (Wildman–Crippen MR) is 109 cm³/mol. The van der Waals surface area contributed by atoms with E-state index in [4.69, 9.17) is 14.1 Å². The van der Waals surface area contributed by atoms with Crippen LogP contribution in [0, 0.1) is 0 Å². The third-order valence-electron chi connectivity index (χ3n) is 4.84. The van der Waals surface area contributed by atoms with Gasteiger partial charge >= 0.3 is 0 Å². The first kappa shape index (κ1) is 20.0.